The molecule has 3 heteroatoms. The van der Waals surface area contributed by atoms with Crippen LogP contribution in [0.5, 0.6) is 0 Å². The Balaban J connectivity index is 2.47. The minimum absolute atomic E-state index is 0.211. The van der Waals surface area contributed by atoms with Crippen molar-refractivity contribution in [2.75, 3.05) is 0 Å². The van der Waals surface area contributed by atoms with Gasteiger partial charge in [-0.15, -0.1) is 0 Å². The quantitative estimate of drug-likeness (QED) is 0.606. The van der Waals surface area contributed by atoms with Gasteiger partial charge in [0.2, 0.25) is 5.24 Å². The van der Waals surface area contributed by atoms with Gasteiger partial charge in [-0.1, -0.05) is 18.2 Å². The number of hydrogen-bond acceptors (Lipinski definition) is 1. The fourth-order valence-corrected chi connectivity index (χ4v) is 2.74. The van der Waals surface area contributed by atoms with Crippen LogP contribution in [0, 0.1) is 3.57 Å². The van der Waals surface area contributed by atoms with Crippen LogP contribution in [0.1, 0.15) is 18.4 Å². The lowest BCUT2D eigenvalue weighted by Gasteiger charge is -2.11. The standard InChI is InChI=1S/C10H8ClIO/c11-9(13)10(5-6-10)7-3-1-2-4-8(7)12/h1-4H,5-6H2. The van der Waals surface area contributed by atoms with E-state index in [0.717, 1.165) is 22.0 Å². The van der Waals surface area contributed by atoms with Crippen LogP contribution in [-0.2, 0) is 10.2 Å². The van der Waals surface area contributed by atoms with Crippen molar-refractivity contribution in [2.45, 2.75) is 18.3 Å². The van der Waals surface area contributed by atoms with Crippen molar-refractivity contribution < 1.29 is 4.79 Å². The molecule has 68 valence electrons. The minimum atomic E-state index is -0.348. The van der Waals surface area contributed by atoms with Crippen molar-refractivity contribution in [1.82, 2.24) is 0 Å². The molecule has 0 unspecified atom stereocenters. The molecule has 0 saturated heterocycles. The van der Waals surface area contributed by atoms with Crippen LogP contribution in [0.4, 0.5) is 0 Å². The zero-order valence-electron chi connectivity index (χ0n) is 6.89. The fraction of sp³-hybridized carbons (Fsp3) is 0.300. The summed E-state index contributed by atoms with van der Waals surface area (Å²) in [6.07, 6.45) is 1.80. The zero-order valence-corrected chi connectivity index (χ0v) is 9.80. The molecule has 2 rings (SSSR count). The Morgan fingerprint density at radius 2 is 2.00 bits per heavy atom. The van der Waals surface area contributed by atoms with Crippen LogP contribution in [0.25, 0.3) is 0 Å². The fourth-order valence-electron chi connectivity index (χ4n) is 1.55. The van der Waals surface area contributed by atoms with E-state index in [1.54, 1.807) is 0 Å². The largest absolute Gasteiger partial charge is 0.280 e. The van der Waals surface area contributed by atoms with Gasteiger partial charge in [-0.3, -0.25) is 4.79 Å². The van der Waals surface area contributed by atoms with E-state index >= 15 is 0 Å². The van der Waals surface area contributed by atoms with Crippen LogP contribution >= 0.6 is 34.2 Å². The highest BCUT2D eigenvalue weighted by atomic mass is 127. The van der Waals surface area contributed by atoms with Crippen LogP contribution in [-0.4, -0.2) is 5.24 Å². The maximum atomic E-state index is 11.2. The second-order valence-corrected chi connectivity index (χ2v) is 4.84. The highest BCUT2D eigenvalue weighted by Gasteiger charge is 2.51. The Morgan fingerprint density at radius 3 is 2.46 bits per heavy atom. The van der Waals surface area contributed by atoms with Gasteiger partial charge in [0.25, 0.3) is 0 Å². The zero-order chi connectivity index (χ0) is 9.47. The SMILES string of the molecule is O=C(Cl)C1(c2ccccc2I)CC1. The van der Waals surface area contributed by atoms with Crippen molar-refractivity contribution in [3.8, 4) is 0 Å². The highest BCUT2D eigenvalue weighted by molar-refractivity contribution is 14.1. The molecule has 1 aromatic carbocycles. The first-order chi connectivity index (χ1) is 6.17. The third-order valence-corrected chi connectivity index (χ3v) is 3.82. The topological polar surface area (TPSA) is 17.1 Å². The summed E-state index contributed by atoms with van der Waals surface area (Å²) >= 11 is 7.84. The Labute approximate surface area is 95.6 Å². The van der Waals surface area contributed by atoms with E-state index in [0.29, 0.717) is 0 Å². The van der Waals surface area contributed by atoms with Gasteiger partial charge in [0, 0.05) is 3.57 Å². The molecule has 1 nitrogen and oxygen atoms in total. The monoisotopic (exact) mass is 306 g/mol. The molecule has 0 heterocycles. The second-order valence-electron chi connectivity index (χ2n) is 3.34. The van der Waals surface area contributed by atoms with Gasteiger partial charge in [0.05, 0.1) is 5.41 Å². The summed E-state index contributed by atoms with van der Waals surface area (Å²) in [5, 5.41) is -0.211. The summed E-state index contributed by atoms with van der Waals surface area (Å²) in [6.45, 7) is 0. The van der Waals surface area contributed by atoms with Crippen molar-refractivity contribution in [2.24, 2.45) is 0 Å². The van der Waals surface area contributed by atoms with E-state index in [1.807, 2.05) is 24.3 Å². The van der Waals surface area contributed by atoms with Crippen molar-refractivity contribution in [1.29, 1.82) is 0 Å². The highest BCUT2D eigenvalue weighted by Crippen LogP contribution is 2.51. The Hall–Kier alpha value is -0.0900. The first-order valence-corrected chi connectivity index (χ1v) is 5.57. The molecule has 1 aliphatic rings. The Kier molecular flexibility index (Phi) is 2.36. The lowest BCUT2D eigenvalue weighted by atomic mass is 9.98. The van der Waals surface area contributed by atoms with Gasteiger partial charge < -0.3 is 0 Å². The molecule has 0 aliphatic heterocycles. The number of rotatable bonds is 2. The third-order valence-electron chi connectivity index (χ3n) is 2.52. The van der Waals surface area contributed by atoms with E-state index in [2.05, 4.69) is 22.6 Å². The van der Waals surface area contributed by atoms with E-state index < -0.39 is 0 Å². The summed E-state index contributed by atoms with van der Waals surface area (Å²) in [5.74, 6) is 0. The Bertz CT molecular complexity index is 358. The summed E-state index contributed by atoms with van der Waals surface area (Å²) in [5.41, 5.74) is 0.745. The molecule has 0 bridgehead atoms. The van der Waals surface area contributed by atoms with Crippen LogP contribution < -0.4 is 0 Å². The molecule has 1 aliphatic carbocycles. The van der Waals surface area contributed by atoms with E-state index in [4.69, 9.17) is 11.6 Å². The van der Waals surface area contributed by atoms with Crippen molar-refractivity contribution in [3.05, 3.63) is 33.4 Å². The molecule has 0 atom stereocenters. The number of halogens is 2. The molecule has 0 spiro atoms. The van der Waals surface area contributed by atoms with Gasteiger partial charge >= 0.3 is 0 Å². The molecule has 0 amide bonds. The molecular weight excluding hydrogens is 298 g/mol. The first kappa shape index (κ1) is 9.46. The second kappa shape index (κ2) is 3.24. The first-order valence-electron chi connectivity index (χ1n) is 4.12. The lowest BCUT2D eigenvalue weighted by Crippen LogP contribution is -2.16. The molecule has 1 aromatic rings. The summed E-state index contributed by atoms with van der Waals surface area (Å²) in [4.78, 5) is 11.2. The van der Waals surface area contributed by atoms with Crippen molar-refractivity contribution >= 4 is 39.4 Å². The molecular formula is C10H8ClIO. The number of hydrogen-bond donors (Lipinski definition) is 0. The minimum Gasteiger partial charge on any atom is -0.280 e. The maximum absolute atomic E-state index is 11.2. The van der Waals surface area contributed by atoms with Crippen LogP contribution in [0.15, 0.2) is 24.3 Å². The lowest BCUT2D eigenvalue weighted by molar-refractivity contribution is -0.113. The van der Waals surface area contributed by atoms with Gasteiger partial charge in [0.15, 0.2) is 0 Å². The van der Waals surface area contributed by atoms with Gasteiger partial charge in [-0.25, -0.2) is 0 Å². The maximum Gasteiger partial charge on any atom is 0.232 e. The van der Waals surface area contributed by atoms with E-state index in [1.165, 1.54) is 0 Å². The molecule has 0 N–H and O–H groups in total. The Morgan fingerprint density at radius 1 is 1.38 bits per heavy atom. The average molecular weight is 307 g/mol. The smallest absolute Gasteiger partial charge is 0.232 e. The van der Waals surface area contributed by atoms with Crippen LogP contribution in [0.2, 0.25) is 0 Å². The molecule has 13 heavy (non-hydrogen) atoms. The van der Waals surface area contributed by atoms with E-state index in [-0.39, 0.29) is 10.7 Å². The molecule has 0 aromatic heterocycles. The van der Waals surface area contributed by atoms with Crippen molar-refractivity contribution in [3.63, 3.8) is 0 Å². The van der Waals surface area contributed by atoms with Gasteiger partial charge in [-0.2, -0.15) is 0 Å². The van der Waals surface area contributed by atoms with E-state index in [9.17, 15) is 4.79 Å². The predicted molar refractivity (Wildman–Crippen MR) is 60.9 cm³/mol. The predicted octanol–water partition coefficient (Wildman–Crippen LogP) is 3.09. The number of carbonyl (C=O) groups is 1. The van der Waals surface area contributed by atoms with Gasteiger partial charge in [0.1, 0.15) is 0 Å². The summed E-state index contributed by atoms with van der Waals surface area (Å²) in [6, 6.07) is 7.93. The summed E-state index contributed by atoms with van der Waals surface area (Å²) < 4.78 is 1.13. The van der Waals surface area contributed by atoms with Gasteiger partial charge in [-0.05, 0) is 58.7 Å². The average Bonchev–Trinajstić information content (AvgIpc) is 2.85. The molecule has 1 saturated carbocycles. The number of benzene rings is 1. The molecule has 0 radical (unpaired) electrons. The normalized spacial score (nSPS) is 18.3. The molecule has 1 fully saturated rings. The third kappa shape index (κ3) is 1.50. The summed E-state index contributed by atoms with van der Waals surface area (Å²) in [7, 11) is 0. The number of carbonyl (C=O) groups excluding carboxylic acids is 1. The van der Waals surface area contributed by atoms with Crippen LogP contribution in [0.3, 0.4) is 0 Å².